The van der Waals surface area contributed by atoms with Crippen LogP contribution in [0.1, 0.15) is 18.5 Å². The molecule has 10 heteroatoms. The Morgan fingerprint density at radius 3 is 2.80 bits per heavy atom. The lowest BCUT2D eigenvalue weighted by Gasteiger charge is -2.18. The Bertz CT molecular complexity index is 957. The maximum absolute atomic E-state index is 14.3. The number of rotatable bonds is 4. The molecule has 3 aromatic heterocycles. The second-order valence-electron chi connectivity index (χ2n) is 5.17. The van der Waals surface area contributed by atoms with Crippen LogP contribution in [0.4, 0.5) is 16.0 Å². The van der Waals surface area contributed by atoms with E-state index in [1.807, 2.05) is 13.0 Å². The lowest BCUT2D eigenvalue weighted by Crippen LogP contribution is -2.12. The predicted octanol–water partition coefficient (Wildman–Crippen LogP) is 3.40. The van der Waals surface area contributed by atoms with Crippen molar-refractivity contribution in [3.05, 3.63) is 34.9 Å². The Hall–Kier alpha value is -2.39. The highest BCUT2D eigenvalue weighted by Gasteiger charge is 2.21. The van der Waals surface area contributed by atoms with Crippen molar-refractivity contribution in [3.63, 3.8) is 0 Å². The Balaban J connectivity index is 2.15. The van der Waals surface area contributed by atoms with E-state index in [2.05, 4.69) is 25.3 Å². The van der Waals surface area contributed by atoms with Gasteiger partial charge < -0.3 is 16.2 Å². The first kappa shape index (κ1) is 17.4. The summed E-state index contributed by atoms with van der Waals surface area (Å²) in [5, 5.41) is 13.2. The van der Waals surface area contributed by atoms with Crippen molar-refractivity contribution in [2.24, 2.45) is 0 Å². The Kier molecular flexibility index (Phi) is 4.78. The highest BCUT2D eigenvalue weighted by Crippen LogP contribution is 2.35. The third-order valence-electron chi connectivity index (χ3n) is 3.58. The highest BCUT2D eigenvalue weighted by atomic mass is 35.5. The van der Waals surface area contributed by atoms with Crippen molar-refractivity contribution >= 4 is 45.9 Å². The van der Waals surface area contributed by atoms with Gasteiger partial charge in [-0.3, -0.25) is 0 Å². The molecule has 4 N–H and O–H groups in total. The summed E-state index contributed by atoms with van der Waals surface area (Å²) in [7, 11) is 0. The zero-order chi connectivity index (χ0) is 18.1. The summed E-state index contributed by atoms with van der Waals surface area (Å²) in [6, 6.07) is 3.27. The van der Waals surface area contributed by atoms with E-state index in [-0.39, 0.29) is 22.8 Å². The van der Waals surface area contributed by atoms with Crippen molar-refractivity contribution in [1.29, 1.82) is 0 Å². The number of hydrogen-bond donors (Lipinski definition) is 3. The summed E-state index contributed by atoms with van der Waals surface area (Å²) in [6.07, 6.45) is 3.35. The maximum Gasteiger partial charge on any atom is 0.225 e. The van der Waals surface area contributed by atoms with Crippen LogP contribution in [-0.2, 0) is 0 Å². The van der Waals surface area contributed by atoms with E-state index >= 15 is 0 Å². The first-order valence-corrected chi connectivity index (χ1v) is 8.79. The fraction of sp³-hybridized carbons (Fsp3) is 0.200. The number of fused-ring (bicyclic) bond motifs is 1. The quantitative estimate of drug-likeness (QED) is 0.359. The van der Waals surface area contributed by atoms with Gasteiger partial charge in [-0.1, -0.05) is 29.4 Å². The molecule has 7 nitrogen and oxygen atoms in total. The molecule has 1 atom stereocenters. The molecule has 3 rings (SSSR count). The first-order valence-electron chi connectivity index (χ1n) is 7.19. The largest absolute Gasteiger partial charge is 0.493 e. The van der Waals surface area contributed by atoms with Crippen LogP contribution >= 0.6 is 23.4 Å². The number of aromatic nitrogens is 4. The lowest BCUT2D eigenvalue weighted by atomic mass is 10.1. The first-order chi connectivity index (χ1) is 11.9. The summed E-state index contributed by atoms with van der Waals surface area (Å²) in [5.74, 6) is -0.681. The van der Waals surface area contributed by atoms with Gasteiger partial charge in [0.15, 0.2) is 16.1 Å². The molecule has 0 aliphatic rings. The van der Waals surface area contributed by atoms with Crippen molar-refractivity contribution < 1.29 is 9.50 Å². The van der Waals surface area contributed by atoms with Crippen molar-refractivity contribution in [3.8, 4) is 5.88 Å². The number of nitrogen functional groups attached to an aromatic ring is 1. The maximum atomic E-state index is 14.3. The Morgan fingerprint density at radius 1 is 1.36 bits per heavy atom. The summed E-state index contributed by atoms with van der Waals surface area (Å²) >= 11 is 6.94. The lowest BCUT2D eigenvalue weighted by molar-refractivity contribution is 0.457. The molecule has 0 amide bonds. The van der Waals surface area contributed by atoms with E-state index in [9.17, 15) is 9.50 Å². The van der Waals surface area contributed by atoms with Crippen LogP contribution in [0.2, 0.25) is 5.15 Å². The average molecular weight is 381 g/mol. The number of pyridine rings is 2. The summed E-state index contributed by atoms with van der Waals surface area (Å²) in [4.78, 5) is 16.0. The van der Waals surface area contributed by atoms with Crippen LogP contribution in [-0.4, -0.2) is 31.3 Å². The normalized spacial score (nSPS) is 12.3. The third-order valence-corrected chi connectivity index (χ3v) is 4.38. The highest BCUT2D eigenvalue weighted by molar-refractivity contribution is 7.98. The molecule has 3 aromatic rings. The number of anilines is 2. The van der Waals surface area contributed by atoms with E-state index in [1.165, 1.54) is 11.8 Å². The minimum Gasteiger partial charge on any atom is -0.493 e. The van der Waals surface area contributed by atoms with E-state index in [0.29, 0.717) is 11.0 Å². The van der Waals surface area contributed by atoms with Crippen molar-refractivity contribution in [2.45, 2.75) is 18.1 Å². The molecule has 1 unspecified atom stereocenters. The minimum absolute atomic E-state index is 0.0500. The molecule has 0 radical (unpaired) electrons. The van der Waals surface area contributed by atoms with Crippen LogP contribution in [0.5, 0.6) is 5.88 Å². The van der Waals surface area contributed by atoms with Gasteiger partial charge in [-0.2, -0.15) is 4.98 Å². The number of nitrogens with zero attached hydrogens (tertiary/aromatic N) is 4. The zero-order valence-corrected chi connectivity index (χ0v) is 14.9. The van der Waals surface area contributed by atoms with Crippen LogP contribution in [0.15, 0.2) is 23.5 Å². The van der Waals surface area contributed by atoms with E-state index < -0.39 is 16.9 Å². The fourth-order valence-corrected chi connectivity index (χ4v) is 2.92. The number of nitrogens with one attached hydrogen (secondary N) is 1. The second-order valence-corrected chi connectivity index (χ2v) is 6.30. The average Bonchev–Trinajstić information content (AvgIpc) is 2.59. The summed E-state index contributed by atoms with van der Waals surface area (Å²) < 4.78 is 14.3. The molecule has 0 fully saturated rings. The summed E-state index contributed by atoms with van der Waals surface area (Å²) in [6.45, 7) is 1.84. The molecule has 0 aliphatic heterocycles. The van der Waals surface area contributed by atoms with E-state index in [4.69, 9.17) is 17.3 Å². The number of hydrogen-bond acceptors (Lipinski definition) is 8. The zero-order valence-electron chi connectivity index (χ0n) is 13.3. The van der Waals surface area contributed by atoms with Gasteiger partial charge in [-0.25, -0.2) is 19.3 Å². The molecule has 130 valence electrons. The van der Waals surface area contributed by atoms with Gasteiger partial charge in [-0.15, -0.1) is 0 Å². The molecule has 0 aliphatic carbocycles. The molecule has 0 spiro atoms. The Morgan fingerprint density at radius 2 is 2.12 bits per heavy atom. The number of aromatic hydroxyl groups is 1. The van der Waals surface area contributed by atoms with Gasteiger partial charge in [-0.05, 0) is 19.2 Å². The smallest absolute Gasteiger partial charge is 0.225 e. The molecular formula is C15H14ClFN6OS. The summed E-state index contributed by atoms with van der Waals surface area (Å²) in [5.41, 5.74) is 6.52. The van der Waals surface area contributed by atoms with Gasteiger partial charge in [0.25, 0.3) is 0 Å². The van der Waals surface area contributed by atoms with Gasteiger partial charge in [0, 0.05) is 11.8 Å². The molecule has 3 heterocycles. The topological polar surface area (TPSA) is 110 Å². The standard InChI is InChI=1S/C15H14ClFN6OS/c1-6(7-4-3-5-19-12(7)18)20-13-8-10(21-15(23-13)25-2)9(17)11(16)22-14(8)24/h3-6H,1-2H3,(H2,18,19)(H,22,24)(H,20,21,23). The SMILES string of the molecule is CSc1nc(NC(C)c2cccnc2N)c2c(O)nc(Cl)c(F)c2n1. The van der Waals surface area contributed by atoms with E-state index in [1.54, 1.807) is 18.5 Å². The number of thioether (sulfide) groups is 1. The third kappa shape index (κ3) is 3.24. The molecule has 0 aromatic carbocycles. The van der Waals surface area contributed by atoms with Gasteiger partial charge in [0.1, 0.15) is 22.5 Å². The van der Waals surface area contributed by atoms with Crippen LogP contribution in [0.3, 0.4) is 0 Å². The van der Waals surface area contributed by atoms with Gasteiger partial charge >= 0.3 is 0 Å². The minimum atomic E-state index is -0.816. The molecule has 0 saturated carbocycles. The van der Waals surface area contributed by atoms with Crippen LogP contribution in [0, 0.1) is 5.82 Å². The number of nitrogens with two attached hydrogens (primary N) is 1. The molecule has 0 saturated heterocycles. The van der Waals surface area contributed by atoms with Gasteiger partial charge in [0.2, 0.25) is 5.88 Å². The molecular weight excluding hydrogens is 367 g/mol. The Labute approximate surface area is 151 Å². The number of halogens is 2. The van der Waals surface area contributed by atoms with Gasteiger partial charge in [0.05, 0.1) is 6.04 Å². The van der Waals surface area contributed by atoms with E-state index in [0.717, 1.165) is 5.56 Å². The second kappa shape index (κ2) is 6.85. The fourth-order valence-electron chi connectivity index (χ4n) is 2.38. The predicted molar refractivity (Wildman–Crippen MR) is 96.4 cm³/mol. The van der Waals surface area contributed by atoms with Crippen LogP contribution in [0.25, 0.3) is 10.9 Å². The van der Waals surface area contributed by atoms with Crippen LogP contribution < -0.4 is 11.1 Å². The van der Waals surface area contributed by atoms with Crippen molar-refractivity contribution in [1.82, 2.24) is 19.9 Å². The van der Waals surface area contributed by atoms with Crippen molar-refractivity contribution in [2.75, 3.05) is 17.3 Å². The monoisotopic (exact) mass is 380 g/mol. The molecule has 0 bridgehead atoms. The molecule has 25 heavy (non-hydrogen) atoms.